The van der Waals surface area contributed by atoms with Gasteiger partial charge in [0.15, 0.2) is 5.13 Å². The van der Waals surface area contributed by atoms with Crippen LogP contribution in [0.2, 0.25) is 0 Å². The van der Waals surface area contributed by atoms with Gasteiger partial charge >= 0.3 is 0 Å². The standard InChI is InChI=1S/C23H16FN3S2/c1-14-21(27-22(28-14)16-5-3-2-4-6-16)15-7-10-18(11-8-15)25-23-26-19-12-9-17(24)13-20(19)29-23/h2-13H,1H3,(H,25,26). The summed E-state index contributed by atoms with van der Waals surface area (Å²) in [5.74, 6) is -0.245. The first-order chi connectivity index (χ1) is 14.2. The number of aromatic nitrogens is 2. The van der Waals surface area contributed by atoms with Gasteiger partial charge in [0, 0.05) is 21.7 Å². The van der Waals surface area contributed by atoms with Crippen molar-refractivity contribution < 1.29 is 4.39 Å². The van der Waals surface area contributed by atoms with Gasteiger partial charge in [-0.1, -0.05) is 53.8 Å². The van der Waals surface area contributed by atoms with Crippen molar-refractivity contribution in [2.24, 2.45) is 0 Å². The Bertz CT molecular complexity index is 1290. The summed E-state index contributed by atoms with van der Waals surface area (Å²) in [5, 5.41) is 5.08. The topological polar surface area (TPSA) is 37.8 Å². The first-order valence-corrected chi connectivity index (χ1v) is 10.8. The zero-order valence-electron chi connectivity index (χ0n) is 15.5. The van der Waals surface area contributed by atoms with Crippen LogP contribution in [0.5, 0.6) is 0 Å². The SMILES string of the molecule is Cc1sc(-c2ccccc2)nc1-c1ccc(Nc2nc3ccc(F)cc3s2)cc1. The Balaban J connectivity index is 1.39. The first-order valence-electron chi connectivity index (χ1n) is 9.12. The third-order valence-electron chi connectivity index (χ3n) is 4.58. The second-order valence-corrected chi connectivity index (χ2v) is 8.86. The van der Waals surface area contributed by atoms with Gasteiger partial charge in [0.05, 0.1) is 15.9 Å². The summed E-state index contributed by atoms with van der Waals surface area (Å²) in [7, 11) is 0. The minimum absolute atomic E-state index is 0.245. The highest BCUT2D eigenvalue weighted by molar-refractivity contribution is 7.22. The maximum Gasteiger partial charge on any atom is 0.188 e. The number of aryl methyl sites for hydroxylation is 1. The molecule has 5 aromatic rings. The zero-order chi connectivity index (χ0) is 19.8. The highest BCUT2D eigenvalue weighted by atomic mass is 32.1. The number of hydrogen-bond donors (Lipinski definition) is 1. The van der Waals surface area contributed by atoms with E-state index in [0.717, 1.165) is 42.9 Å². The zero-order valence-corrected chi connectivity index (χ0v) is 17.2. The summed E-state index contributed by atoms with van der Waals surface area (Å²) < 4.78 is 14.2. The van der Waals surface area contributed by atoms with E-state index in [1.54, 1.807) is 17.4 Å². The number of nitrogens with one attached hydrogen (secondary N) is 1. The van der Waals surface area contributed by atoms with Crippen LogP contribution in [0.3, 0.4) is 0 Å². The Hall–Kier alpha value is -3.09. The van der Waals surface area contributed by atoms with E-state index in [9.17, 15) is 4.39 Å². The highest BCUT2D eigenvalue weighted by Crippen LogP contribution is 2.34. The molecule has 142 valence electrons. The molecule has 3 nitrogen and oxygen atoms in total. The van der Waals surface area contributed by atoms with Crippen LogP contribution in [0.25, 0.3) is 32.0 Å². The average Bonchev–Trinajstić information content (AvgIpc) is 3.32. The van der Waals surface area contributed by atoms with E-state index in [1.165, 1.54) is 28.3 Å². The molecule has 0 radical (unpaired) electrons. The van der Waals surface area contributed by atoms with Gasteiger partial charge in [-0.15, -0.1) is 11.3 Å². The van der Waals surface area contributed by atoms with Crippen molar-refractivity contribution in [2.75, 3.05) is 5.32 Å². The molecule has 5 rings (SSSR count). The first kappa shape index (κ1) is 18.0. The van der Waals surface area contributed by atoms with Gasteiger partial charge in [-0.05, 0) is 37.3 Å². The quantitative estimate of drug-likeness (QED) is 0.334. The molecule has 0 unspecified atom stereocenters. The second kappa shape index (κ2) is 7.39. The lowest BCUT2D eigenvalue weighted by Gasteiger charge is -2.04. The molecular formula is C23H16FN3S2. The number of thiazole rings is 2. The van der Waals surface area contributed by atoms with Crippen LogP contribution in [0, 0.1) is 12.7 Å². The van der Waals surface area contributed by atoms with Crippen molar-refractivity contribution in [1.29, 1.82) is 0 Å². The molecule has 0 fully saturated rings. The minimum Gasteiger partial charge on any atom is -0.332 e. The molecule has 6 heteroatoms. The number of hydrogen-bond acceptors (Lipinski definition) is 5. The van der Waals surface area contributed by atoms with E-state index in [-0.39, 0.29) is 5.82 Å². The molecule has 0 aliphatic carbocycles. The average molecular weight is 418 g/mol. The van der Waals surface area contributed by atoms with Crippen LogP contribution >= 0.6 is 22.7 Å². The molecule has 0 bridgehead atoms. The van der Waals surface area contributed by atoms with Gasteiger partial charge in [-0.2, -0.15) is 0 Å². The van der Waals surface area contributed by atoms with Crippen LogP contribution in [-0.2, 0) is 0 Å². The number of benzene rings is 3. The lowest BCUT2D eigenvalue weighted by Crippen LogP contribution is -1.89. The molecule has 0 atom stereocenters. The van der Waals surface area contributed by atoms with E-state index in [4.69, 9.17) is 4.98 Å². The molecular weight excluding hydrogens is 401 g/mol. The molecule has 0 amide bonds. The lowest BCUT2D eigenvalue weighted by atomic mass is 10.1. The van der Waals surface area contributed by atoms with Gasteiger partial charge in [0.1, 0.15) is 10.8 Å². The van der Waals surface area contributed by atoms with Crippen molar-refractivity contribution in [2.45, 2.75) is 6.92 Å². The summed E-state index contributed by atoms with van der Waals surface area (Å²) >= 11 is 3.14. The van der Waals surface area contributed by atoms with Gasteiger partial charge < -0.3 is 5.32 Å². The number of fused-ring (bicyclic) bond motifs is 1. The summed E-state index contributed by atoms with van der Waals surface area (Å²) in [6.07, 6.45) is 0. The van der Waals surface area contributed by atoms with E-state index < -0.39 is 0 Å². The smallest absolute Gasteiger partial charge is 0.188 e. The molecule has 0 saturated heterocycles. The van der Waals surface area contributed by atoms with Crippen molar-refractivity contribution in [1.82, 2.24) is 9.97 Å². The Labute approximate surface area is 175 Å². The van der Waals surface area contributed by atoms with Gasteiger partial charge in [-0.3, -0.25) is 0 Å². The maximum absolute atomic E-state index is 13.4. The largest absolute Gasteiger partial charge is 0.332 e. The van der Waals surface area contributed by atoms with Crippen LogP contribution in [0.1, 0.15) is 4.88 Å². The van der Waals surface area contributed by atoms with Crippen molar-refractivity contribution >= 4 is 43.7 Å². The van der Waals surface area contributed by atoms with Crippen molar-refractivity contribution in [3.05, 3.63) is 83.5 Å². The fourth-order valence-electron chi connectivity index (χ4n) is 3.16. The predicted molar refractivity (Wildman–Crippen MR) is 121 cm³/mol. The maximum atomic E-state index is 13.4. The van der Waals surface area contributed by atoms with E-state index in [0.29, 0.717) is 0 Å². The fraction of sp³-hybridized carbons (Fsp3) is 0.0435. The minimum atomic E-state index is -0.245. The van der Waals surface area contributed by atoms with E-state index in [1.807, 2.05) is 30.3 Å². The number of anilines is 2. The predicted octanol–water partition coefficient (Wildman–Crippen LogP) is 7.28. The Morgan fingerprint density at radius 1 is 0.828 bits per heavy atom. The van der Waals surface area contributed by atoms with Crippen LogP contribution in [0.15, 0.2) is 72.8 Å². The summed E-state index contributed by atoms with van der Waals surface area (Å²) in [5.41, 5.74) is 4.96. The van der Waals surface area contributed by atoms with E-state index >= 15 is 0 Å². The van der Waals surface area contributed by atoms with E-state index in [2.05, 4.69) is 41.5 Å². The second-order valence-electron chi connectivity index (χ2n) is 6.62. The summed E-state index contributed by atoms with van der Waals surface area (Å²) in [4.78, 5) is 10.6. The van der Waals surface area contributed by atoms with Crippen LogP contribution in [0.4, 0.5) is 15.2 Å². The van der Waals surface area contributed by atoms with Gasteiger partial charge in [0.25, 0.3) is 0 Å². The Morgan fingerprint density at radius 3 is 2.41 bits per heavy atom. The Morgan fingerprint density at radius 2 is 1.62 bits per heavy atom. The fourth-order valence-corrected chi connectivity index (χ4v) is 5.01. The molecule has 0 aliphatic heterocycles. The molecule has 0 aliphatic rings. The number of nitrogens with zero attached hydrogens (tertiary/aromatic N) is 2. The molecule has 3 aromatic carbocycles. The molecule has 0 saturated carbocycles. The van der Waals surface area contributed by atoms with Crippen LogP contribution in [-0.4, -0.2) is 9.97 Å². The van der Waals surface area contributed by atoms with Crippen molar-refractivity contribution in [3.63, 3.8) is 0 Å². The molecule has 2 aromatic heterocycles. The third-order valence-corrected chi connectivity index (χ3v) is 6.53. The highest BCUT2D eigenvalue weighted by Gasteiger charge is 2.11. The molecule has 29 heavy (non-hydrogen) atoms. The molecule has 1 N–H and O–H groups in total. The normalized spacial score (nSPS) is 11.1. The van der Waals surface area contributed by atoms with Gasteiger partial charge in [0.2, 0.25) is 0 Å². The number of rotatable bonds is 4. The molecule has 0 spiro atoms. The van der Waals surface area contributed by atoms with Gasteiger partial charge in [-0.25, -0.2) is 14.4 Å². The summed E-state index contributed by atoms with van der Waals surface area (Å²) in [6, 6.07) is 23.0. The van der Waals surface area contributed by atoms with Crippen molar-refractivity contribution in [3.8, 4) is 21.8 Å². The lowest BCUT2D eigenvalue weighted by molar-refractivity contribution is 0.630. The van der Waals surface area contributed by atoms with Crippen LogP contribution < -0.4 is 5.32 Å². The Kier molecular flexibility index (Phi) is 4.58. The monoisotopic (exact) mass is 417 g/mol. The molecule has 2 heterocycles. The third kappa shape index (κ3) is 3.64. The summed E-state index contributed by atoms with van der Waals surface area (Å²) in [6.45, 7) is 2.10. The number of halogens is 1.